The smallest absolute Gasteiger partial charge is 0.259 e. The summed E-state index contributed by atoms with van der Waals surface area (Å²) in [6.07, 6.45) is 3.73. The van der Waals surface area contributed by atoms with E-state index < -0.39 is 0 Å². The van der Waals surface area contributed by atoms with Crippen molar-refractivity contribution in [3.63, 3.8) is 0 Å². The van der Waals surface area contributed by atoms with Gasteiger partial charge in [-0.3, -0.25) is 4.79 Å². The third-order valence-corrected chi connectivity index (χ3v) is 4.75. The number of imidazole rings is 1. The third-order valence-electron chi connectivity index (χ3n) is 4.75. The van der Waals surface area contributed by atoms with Crippen LogP contribution in [0.1, 0.15) is 40.8 Å². The molecule has 1 amide bonds. The molecule has 1 aliphatic rings. The second-order valence-corrected chi connectivity index (χ2v) is 6.25. The number of carbonyl (C=O) groups is 1. The molecular weight excluding hydrogens is 320 g/mol. The number of hydrogen-bond donors (Lipinski definition) is 0. The van der Waals surface area contributed by atoms with Gasteiger partial charge in [0.15, 0.2) is 0 Å². The van der Waals surface area contributed by atoms with Crippen LogP contribution in [0.2, 0.25) is 0 Å². The summed E-state index contributed by atoms with van der Waals surface area (Å²) < 4.78 is 12.6. The molecule has 0 saturated carbocycles. The Kier molecular flexibility index (Phi) is 4.92. The summed E-state index contributed by atoms with van der Waals surface area (Å²) in [5, 5.41) is 0. The van der Waals surface area contributed by atoms with Gasteiger partial charge in [0, 0.05) is 37.1 Å². The first kappa shape index (κ1) is 17.3. The largest absolute Gasteiger partial charge is 0.481 e. The minimum absolute atomic E-state index is 0.0514. The van der Waals surface area contributed by atoms with Gasteiger partial charge in [-0.15, -0.1) is 0 Å². The average Bonchev–Trinajstić information content (AvgIpc) is 2.99. The molecule has 1 fully saturated rings. The number of rotatable bonds is 4. The zero-order chi connectivity index (χ0) is 18.0. The van der Waals surface area contributed by atoms with E-state index in [9.17, 15) is 4.79 Å². The van der Waals surface area contributed by atoms with Gasteiger partial charge in [0.2, 0.25) is 11.8 Å². The van der Waals surface area contributed by atoms with Crippen LogP contribution in [0.4, 0.5) is 0 Å². The number of nitrogens with zero attached hydrogens (tertiary/aromatic N) is 4. The van der Waals surface area contributed by atoms with E-state index in [0.717, 1.165) is 18.7 Å². The topological polar surface area (TPSA) is 69.5 Å². The first-order valence-electron chi connectivity index (χ1n) is 8.44. The second kappa shape index (κ2) is 7.13. The van der Waals surface area contributed by atoms with Gasteiger partial charge in [-0.25, -0.2) is 4.98 Å². The highest BCUT2D eigenvalue weighted by Gasteiger charge is 2.28. The van der Waals surface area contributed by atoms with E-state index in [1.165, 1.54) is 19.9 Å². The standard InChI is InChI=1S/C18H24N4O3/c1-12-11-19-13(2)22(12)14-7-9-21(10-8-14)18(23)15-5-6-16(24-3)20-17(15)25-4/h5-6,11,14H,7-10H2,1-4H3. The highest BCUT2D eigenvalue weighted by molar-refractivity contribution is 5.96. The fraction of sp³-hybridized carbons (Fsp3) is 0.500. The molecule has 0 atom stereocenters. The minimum atomic E-state index is -0.0514. The number of likely N-dealkylation sites (tertiary alicyclic amines) is 1. The van der Waals surface area contributed by atoms with Crippen LogP contribution in [0.3, 0.4) is 0 Å². The number of pyridine rings is 1. The van der Waals surface area contributed by atoms with Crippen molar-refractivity contribution in [3.8, 4) is 11.8 Å². The van der Waals surface area contributed by atoms with Crippen LogP contribution in [0.25, 0.3) is 0 Å². The van der Waals surface area contributed by atoms with Gasteiger partial charge in [0.1, 0.15) is 11.4 Å². The van der Waals surface area contributed by atoms with Gasteiger partial charge in [-0.1, -0.05) is 0 Å². The van der Waals surface area contributed by atoms with Crippen molar-refractivity contribution in [1.82, 2.24) is 19.4 Å². The van der Waals surface area contributed by atoms with Crippen molar-refractivity contribution >= 4 is 5.91 Å². The van der Waals surface area contributed by atoms with E-state index in [0.29, 0.717) is 36.5 Å². The third kappa shape index (κ3) is 3.31. The number of methoxy groups -OCH3 is 2. The molecule has 0 bridgehead atoms. The zero-order valence-electron chi connectivity index (χ0n) is 15.2. The molecule has 3 rings (SSSR count). The molecule has 2 aromatic rings. The lowest BCUT2D eigenvalue weighted by Gasteiger charge is -2.33. The molecule has 1 saturated heterocycles. The van der Waals surface area contributed by atoms with Crippen LogP contribution < -0.4 is 9.47 Å². The maximum Gasteiger partial charge on any atom is 0.259 e. The summed E-state index contributed by atoms with van der Waals surface area (Å²) >= 11 is 0. The Balaban J connectivity index is 1.72. The SMILES string of the molecule is COc1ccc(C(=O)N2CCC(n3c(C)cnc3C)CC2)c(OC)n1. The molecule has 25 heavy (non-hydrogen) atoms. The number of carbonyl (C=O) groups excluding carboxylic acids is 1. The summed E-state index contributed by atoms with van der Waals surface area (Å²) in [6.45, 7) is 5.51. The lowest BCUT2D eigenvalue weighted by Crippen LogP contribution is -2.39. The van der Waals surface area contributed by atoms with Crippen molar-refractivity contribution in [2.24, 2.45) is 0 Å². The monoisotopic (exact) mass is 344 g/mol. The predicted molar refractivity (Wildman–Crippen MR) is 93.2 cm³/mol. The fourth-order valence-corrected chi connectivity index (χ4v) is 3.47. The average molecular weight is 344 g/mol. The Bertz CT molecular complexity index is 744. The molecule has 0 radical (unpaired) electrons. The highest BCUT2D eigenvalue weighted by Crippen LogP contribution is 2.28. The highest BCUT2D eigenvalue weighted by atomic mass is 16.5. The molecule has 0 aliphatic carbocycles. The molecule has 7 heteroatoms. The summed E-state index contributed by atoms with van der Waals surface area (Å²) in [7, 11) is 3.05. The molecule has 0 unspecified atom stereocenters. The lowest BCUT2D eigenvalue weighted by atomic mass is 10.0. The van der Waals surface area contributed by atoms with Crippen molar-refractivity contribution < 1.29 is 14.3 Å². The van der Waals surface area contributed by atoms with E-state index in [4.69, 9.17) is 9.47 Å². The van der Waals surface area contributed by atoms with Crippen molar-refractivity contribution in [2.75, 3.05) is 27.3 Å². The number of hydrogen-bond acceptors (Lipinski definition) is 5. The Morgan fingerprint density at radius 2 is 1.88 bits per heavy atom. The number of amides is 1. The first-order chi connectivity index (χ1) is 12.0. The second-order valence-electron chi connectivity index (χ2n) is 6.25. The van der Waals surface area contributed by atoms with Crippen molar-refractivity contribution in [1.29, 1.82) is 0 Å². The number of piperidine rings is 1. The fourth-order valence-electron chi connectivity index (χ4n) is 3.47. The molecule has 2 aromatic heterocycles. The Hall–Kier alpha value is -2.57. The first-order valence-corrected chi connectivity index (χ1v) is 8.44. The van der Waals surface area contributed by atoms with Crippen LogP contribution in [0, 0.1) is 13.8 Å². The maximum absolute atomic E-state index is 12.9. The molecule has 1 aliphatic heterocycles. The van der Waals surface area contributed by atoms with Crippen LogP contribution in [-0.4, -0.2) is 52.7 Å². The molecular formula is C18H24N4O3. The van der Waals surface area contributed by atoms with Gasteiger partial charge in [0.25, 0.3) is 5.91 Å². The summed E-state index contributed by atoms with van der Waals surface area (Å²) in [6, 6.07) is 3.78. The Labute approximate surface area is 147 Å². The van der Waals surface area contributed by atoms with E-state index in [1.54, 1.807) is 12.1 Å². The van der Waals surface area contributed by atoms with E-state index in [1.807, 2.05) is 18.0 Å². The van der Waals surface area contributed by atoms with Gasteiger partial charge in [-0.05, 0) is 32.8 Å². The number of aromatic nitrogens is 3. The van der Waals surface area contributed by atoms with Crippen molar-refractivity contribution in [3.05, 3.63) is 35.4 Å². The van der Waals surface area contributed by atoms with Gasteiger partial charge in [0.05, 0.1) is 14.2 Å². The van der Waals surface area contributed by atoms with Crippen LogP contribution in [-0.2, 0) is 0 Å². The molecule has 0 aromatic carbocycles. The number of aryl methyl sites for hydroxylation is 2. The lowest BCUT2D eigenvalue weighted by molar-refractivity contribution is 0.0689. The molecule has 3 heterocycles. The van der Waals surface area contributed by atoms with Crippen LogP contribution in [0.15, 0.2) is 18.3 Å². The Morgan fingerprint density at radius 3 is 2.44 bits per heavy atom. The summed E-state index contributed by atoms with van der Waals surface area (Å²) in [5.74, 6) is 1.71. The molecule has 134 valence electrons. The predicted octanol–water partition coefficient (Wildman–Crippen LogP) is 2.39. The van der Waals surface area contributed by atoms with Crippen molar-refractivity contribution in [2.45, 2.75) is 32.7 Å². The molecule has 0 spiro atoms. The Morgan fingerprint density at radius 1 is 1.16 bits per heavy atom. The van der Waals surface area contributed by atoms with Gasteiger partial charge >= 0.3 is 0 Å². The molecule has 7 nitrogen and oxygen atoms in total. The maximum atomic E-state index is 12.9. The summed E-state index contributed by atoms with van der Waals surface area (Å²) in [4.78, 5) is 23.3. The van der Waals surface area contributed by atoms with E-state index >= 15 is 0 Å². The minimum Gasteiger partial charge on any atom is -0.481 e. The van der Waals surface area contributed by atoms with E-state index in [2.05, 4.69) is 21.5 Å². The van der Waals surface area contributed by atoms with Gasteiger partial charge < -0.3 is 18.9 Å². The molecule has 0 N–H and O–H groups in total. The van der Waals surface area contributed by atoms with Crippen LogP contribution >= 0.6 is 0 Å². The zero-order valence-corrected chi connectivity index (χ0v) is 15.2. The van der Waals surface area contributed by atoms with E-state index in [-0.39, 0.29) is 5.91 Å². The van der Waals surface area contributed by atoms with Crippen LogP contribution in [0.5, 0.6) is 11.8 Å². The normalized spacial score (nSPS) is 15.3. The number of ether oxygens (including phenoxy) is 2. The van der Waals surface area contributed by atoms with Gasteiger partial charge in [-0.2, -0.15) is 4.98 Å². The quantitative estimate of drug-likeness (QED) is 0.852. The summed E-state index contributed by atoms with van der Waals surface area (Å²) in [5.41, 5.74) is 1.64.